The van der Waals surface area contributed by atoms with E-state index in [9.17, 15) is 14.6 Å². The van der Waals surface area contributed by atoms with E-state index in [-0.39, 0.29) is 23.8 Å². The highest BCUT2D eigenvalue weighted by Crippen LogP contribution is 2.36. The SMILES string of the molecule is CC(=O)c1cccc2c1OB(O)[C@@H](CC(=O)CN1CCN(c3ccccn3)CC1)C2. The fourth-order valence-electron chi connectivity index (χ4n) is 4.22. The molecule has 8 heteroatoms. The third-order valence-electron chi connectivity index (χ3n) is 5.84. The number of pyridine rings is 1. The number of nitrogens with zero attached hydrogens (tertiary/aromatic N) is 3. The first kappa shape index (κ1) is 20.6. The van der Waals surface area contributed by atoms with Crippen molar-refractivity contribution in [2.45, 2.75) is 25.6 Å². The summed E-state index contributed by atoms with van der Waals surface area (Å²) in [5.74, 6) is 1.11. The first-order valence-corrected chi connectivity index (χ1v) is 10.4. The Kier molecular flexibility index (Phi) is 6.15. The summed E-state index contributed by atoms with van der Waals surface area (Å²) in [6.07, 6.45) is 2.57. The van der Waals surface area contributed by atoms with Crippen molar-refractivity contribution in [3.63, 3.8) is 0 Å². The highest BCUT2D eigenvalue weighted by molar-refractivity contribution is 6.47. The number of hydrogen-bond donors (Lipinski definition) is 1. The van der Waals surface area contributed by atoms with E-state index in [0.29, 0.717) is 24.3 Å². The molecule has 0 aliphatic carbocycles. The molecular formula is C22H26BN3O4. The van der Waals surface area contributed by atoms with Crippen LogP contribution in [0.15, 0.2) is 42.6 Å². The van der Waals surface area contributed by atoms with Gasteiger partial charge in [-0.05, 0) is 37.1 Å². The normalized spacial score (nSPS) is 19.2. The average molecular weight is 407 g/mol. The van der Waals surface area contributed by atoms with Gasteiger partial charge in [-0.15, -0.1) is 0 Å². The van der Waals surface area contributed by atoms with Crippen LogP contribution in [-0.2, 0) is 11.2 Å². The first-order valence-electron chi connectivity index (χ1n) is 10.4. The summed E-state index contributed by atoms with van der Waals surface area (Å²) in [5, 5.41) is 10.4. The van der Waals surface area contributed by atoms with Gasteiger partial charge in [-0.2, -0.15) is 0 Å². The van der Waals surface area contributed by atoms with Crippen molar-refractivity contribution in [1.29, 1.82) is 0 Å². The molecule has 4 rings (SSSR count). The molecule has 1 N–H and O–H groups in total. The summed E-state index contributed by atoms with van der Waals surface area (Å²) < 4.78 is 5.65. The molecule has 2 aromatic rings. The molecular weight excluding hydrogens is 381 g/mol. The summed E-state index contributed by atoms with van der Waals surface area (Å²) in [6, 6.07) is 11.3. The Morgan fingerprint density at radius 2 is 1.97 bits per heavy atom. The van der Waals surface area contributed by atoms with Gasteiger partial charge in [-0.25, -0.2) is 4.98 Å². The Morgan fingerprint density at radius 1 is 1.17 bits per heavy atom. The van der Waals surface area contributed by atoms with Crippen molar-refractivity contribution in [2.24, 2.45) is 0 Å². The zero-order valence-corrected chi connectivity index (χ0v) is 17.2. The number of hydrogen-bond acceptors (Lipinski definition) is 7. The predicted octanol–water partition coefficient (Wildman–Crippen LogP) is 1.85. The van der Waals surface area contributed by atoms with Crippen LogP contribution in [0, 0.1) is 0 Å². The topological polar surface area (TPSA) is 83.0 Å². The number of carbonyl (C=O) groups is 2. The predicted molar refractivity (Wildman–Crippen MR) is 115 cm³/mol. The smallest absolute Gasteiger partial charge is 0.526 e. The van der Waals surface area contributed by atoms with Gasteiger partial charge in [-0.1, -0.05) is 18.2 Å². The Balaban J connectivity index is 1.31. The zero-order chi connectivity index (χ0) is 21.1. The molecule has 0 radical (unpaired) electrons. The summed E-state index contributed by atoms with van der Waals surface area (Å²) in [6.45, 7) is 5.13. The van der Waals surface area contributed by atoms with Crippen LogP contribution < -0.4 is 9.55 Å². The van der Waals surface area contributed by atoms with Crippen molar-refractivity contribution < 1.29 is 19.3 Å². The molecule has 3 heterocycles. The van der Waals surface area contributed by atoms with Crippen LogP contribution in [0.2, 0.25) is 5.82 Å². The second kappa shape index (κ2) is 8.98. The lowest BCUT2D eigenvalue weighted by atomic mass is 9.64. The van der Waals surface area contributed by atoms with Gasteiger partial charge in [0.25, 0.3) is 0 Å². The molecule has 2 aliphatic heterocycles. The molecule has 7 nitrogen and oxygen atoms in total. The maximum absolute atomic E-state index is 12.7. The van der Waals surface area contributed by atoms with Gasteiger partial charge in [0.2, 0.25) is 0 Å². The number of carbonyl (C=O) groups excluding carboxylic acids is 2. The van der Waals surface area contributed by atoms with Gasteiger partial charge in [0.05, 0.1) is 12.1 Å². The van der Waals surface area contributed by atoms with Crippen LogP contribution in [0.25, 0.3) is 0 Å². The van der Waals surface area contributed by atoms with Crippen LogP contribution in [0.5, 0.6) is 5.75 Å². The van der Waals surface area contributed by atoms with E-state index in [0.717, 1.165) is 37.6 Å². The maximum Gasteiger partial charge on any atom is 0.526 e. The van der Waals surface area contributed by atoms with E-state index in [4.69, 9.17) is 4.65 Å². The van der Waals surface area contributed by atoms with E-state index in [1.54, 1.807) is 12.3 Å². The summed E-state index contributed by atoms with van der Waals surface area (Å²) >= 11 is 0. The number of aromatic nitrogens is 1. The minimum atomic E-state index is -1.08. The molecule has 0 unspecified atom stereocenters. The molecule has 1 saturated heterocycles. The molecule has 1 fully saturated rings. The fourth-order valence-corrected chi connectivity index (χ4v) is 4.22. The van der Waals surface area contributed by atoms with Crippen LogP contribution in [0.1, 0.15) is 29.3 Å². The number of ketones is 2. The van der Waals surface area contributed by atoms with Crippen LogP contribution >= 0.6 is 0 Å². The minimum Gasteiger partial charge on any atom is -0.535 e. The van der Waals surface area contributed by atoms with E-state index >= 15 is 0 Å². The summed E-state index contributed by atoms with van der Waals surface area (Å²) in [5.41, 5.74) is 1.34. The molecule has 1 aromatic carbocycles. The summed E-state index contributed by atoms with van der Waals surface area (Å²) in [7, 11) is -1.08. The van der Waals surface area contributed by atoms with Crippen LogP contribution in [0.3, 0.4) is 0 Å². The lowest BCUT2D eigenvalue weighted by Crippen LogP contribution is -2.48. The van der Waals surface area contributed by atoms with Crippen molar-refractivity contribution in [1.82, 2.24) is 9.88 Å². The van der Waals surface area contributed by atoms with Gasteiger partial charge >= 0.3 is 7.12 Å². The third-order valence-corrected chi connectivity index (χ3v) is 5.84. The number of para-hydroxylation sites is 1. The van der Waals surface area contributed by atoms with Crippen molar-refractivity contribution in [3.05, 3.63) is 53.7 Å². The van der Waals surface area contributed by atoms with E-state index in [2.05, 4.69) is 14.8 Å². The standard InChI is InChI=1S/C22H26BN3O4/c1-16(27)20-6-4-5-17-13-18(23(29)30-22(17)20)14-19(28)15-25-9-11-26(12-10-25)21-7-2-3-8-24-21/h2-8,18,29H,9-15H2,1H3/t18-/m1/s1. The quantitative estimate of drug-likeness (QED) is 0.578. The van der Waals surface area contributed by atoms with E-state index < -0.39 is 7.12 Å². The Labute approximate surface area is 176 Å². The summed E-state index contributed by atoms with van der Waals surface area (Å²) in [4.78, 5) is 33.2. The van der Waals surface area contributed by atoms with Gasteiger partial charge < -0.3 is 14.6 Å². The number of fused-ring (bicyclic) bond motifs is 1. The minimum absolute atomic E-state index is 0.0973. The molecule has 0 bridgehead atoms. The van der Waals surface area contributed by atoms with Crippen molar-refractivity contribution in [3.8, 4) is 5.75 Å². The van der Waals surface area contributed by atoms with Gasteiger partial charge in [0.1, 0.15) is 17.4 Å². The number of benzene rings is 1. The second-order valence-corrected chi connectivity index (χ2v) is 8.02. The van der Waals surface area contributed by atoms with Crippen molar-refractivity contribution >= 4 is 24.5 Å². The highest BCUT2D eigenvalue weighted by Gasteiger charge is 2.37. The number of anilines is 1. The molecule has 0 saturated carbocycles. The van der Waals surface area contributed by atoms with E-state index in [1.807, 2.05) is 30.3 Å². The highest BCUT2D eigenvalue weighted by atomic mass is 16.5. The Bertz CT molecular complexity index is 916. The molecule has 2 aliphatic rings. The molecule has 156 valence electrons. The van der Waals surface area contributed by atoms with Gasteiger partial charge in [-0.3, -0.25) is 14.5 Å². The second-order valence-electron chi connectivity index (χ2n) is 8.02. The Hall–Kier alpha value is -2.71. The fraction of sp³-hybridized carbons (Fsp3) is 0.409. The van der Waals surface area contributed by atoms with Crippen LogP contribution in [-0.4, -0.2) is 66.3 Å². The van der Waals surface area contributed by atoms with Gasteiger partial charge in [0, 0.05) is 44.6 Å². The monoisotopic (exact) mass is 407 g/mol. The van der Waals surface area contributed by atoms with Crippen LogP contribution in [0.4, 0.5) is 5.82 Å². The molecule has 1 aromatic heterocycles. The largest absolute Gasteiger partial charge is 0.535 e. The molecule has 1 atom stereocenters. The molecule has 0 spiro atoms. The Morgan fingerprint density at radius 3 is 2.67 bits per heavy atom. The zero-order valence-electron chi connectivity index (χ0n) is 17.2. The first-order chi connectivity index (χ1) is 14.5. The van der Waals surface area contributed by atoms with Gasteiger partial charge in [0.15, 0.2) is 5.78 Å². The molecule has 30 heavy (non-hydrogen) atoms. The molecule has 0 amide bonds. The number of rotatable bonds is 6. The number of Topliss-reactive ketones (excluding diaryl/α,β-unsaturated/α-hetero) is 2. The third kappa shape index (κ3) is 4.55. The maximum atomic E-state index is 12.7. The van der Waals surface area contributed by atoms with E-state index in [1.165, 1.54) is 6.92 Å². The van der Waals surface area contributed by atoms with Crippen molar-refractivity contribution in [2.75, 3.05) is 37.6 Å². The lowest BCUT2D eigenvalue weighted by molar-refractivity contribution is -0.120. The average Bonchev–Trinajstić information content (AvgIpc) is 2.75. The number of piperazine rings is 1. The lowest BCUT2D eigenvalue weighted by Gasteiger charge is -2.35.